The molecule has 1 aliphatic heterocycles. The number of likely N-dealkylation sites (N-methyl/N-ethyl adjacent to an activating group) is 1. The van der Waals surface area contributed by atoms with Crippen LogP contribution in [0.15, 0.2) is 24.3 Å². The molecule has 0 atom stereocenters. The molecule has 1 amide bonds. The van der Waals surface area contributed by atoms with Crippen LogP contribution in [-0.4, -0.2) is 65.3 Å². The van der Waals surface area contributed by atoms with E-state index in [1.54, 1.807) is 7.11 Å². The number of hydrogen-bond acceptors (Lipinski definition) is 4. The van der Waals surface area contributed by atoms with Crippen LogP contribution in [0.25, 0.3) is 5.69 Å². The van der Waals surface area contributed by atoms with Gasteiger partial charge in [0.1, 0.15) is 5.75 Å². The topological polar surface area (TPSA) is 50.6 Å². The fourth-order valence-corrected chi connectivity index (χ4v) is 3.65. The smallest absolute Gasteiger partial charge is 0.257 e. The van der Waals surface area contributed by atoms with Gasteiger partial charge in [-0.25, -0.2) is 4.68 Å². The van der Waals surface area contributed by atoms with Crippen LogP contribution >= 0.6 is 0 Å². The SMILES string of the molecule is CCCc1nn(-c2ccc(OC)cc2)c(C)c1C(=O)N1CCN(CC)CC1. The van der Waals surface area contributed by atoms with E-state index >= 15 is 0 Å². The van der Waals surface area contributed by atoms with Crippen molar-refractivity contribution in [3.63, 3.8) is 0 Å². The minimum absolute atomic E-state index is 0.117. The van der Waals surface area contributed by atoms with Gasteiger partial charge in [-0.15, -0.1) is 0 Å². The maximum atomic E-state index is 13.3. The van der Waals surface area contributed by atoms with Crippen molar-refractivity contribution >= 4 is 5.91 Å². The molecular formula is C21H30N4O2. The van der Waals surface area contributed by atoms with Gasteiger partial charge in [-0.05, 0) is 44.2 Å². The summed E-state index contributed by atoms with van der Waals surface area (Å²) in [6.45, 7) is 10.8. The average Bonchev–Trinajstić information content (AvgIpc) is 3.04. The highest BCUT2D eigenvalue weighted by molar-refractivity contribution is 5.96. The van der Waals surface area contributed by atoms with Crippen LogP contribution in [0.1, 0.15) is 42.0 Å². The lowest BCUT2D eigenvalue weighted by Crippen LogP contribution is -2.48. The summed E-state index contributed by atoms with van der Waals surface area (Å²) < 4.78 is 7.13. The predicted octanol–water partition coefficient (Wildman–Crippen LogP) is 2.92. The predicted molar refractivity (Wildman–Crippen MR) is 107 cm³/mol. The quantitative estimate of drug-likeness (QED) is 0.785. The Morgan fingerprint density at radius 2 is 1.78 bits per heavy atom. The first kappa shape index (κ1) is 19.4. The van der Waals surface area contributed by atoms with Crippen LogP contribution < -0.4 is 4.74 Å². The van der Waals surface area contributed by atoms with Crippen LogP contribution in [0.2, 0.25) is 0 Å². The number of aromatic nitrogens is 2. The monoisotopic (exact) mass is 370 g/mol. The normalized spacial score (nSPS) is 15.2. The number of amides is 1. The lowest BCUT2D eigenvalue weighted by molar-refractivity contribution is 0.0641. The second kappa shape index (κ2) is 8.57. The number of ether oxygens (including phenoxy) is 1. The van der Waals surface area contributed by atoms with Crippen molar-refractivity contribution in [1.29, 1.82) is 0 Å². The maximum absolute atomic E-state index is 13.3. The van der Waals surface area contributed by atoms with Gasteiger partial charge in [0.15, 0.2) is 0 Å². The summed E-state index contributed by atoms with van der Waals surface area (Å²) in [5.41, 5.74) is 3.53. The molecule has 1 fully saturated rings. The number of nitrogens with zero attached hydrogens (tertiary/aromatic N) is 4. The Balaban J connectivity index is 1.91. The van der Waals surface area contributed by atoms with Gasteiger partial charge < -0.3 is 14.5 Å². The minimum atomic E-state index is 0.117. The fourth-order valence-electron chi connectivity index (χ4n) is 3.65. The van der Waals surface area contributed by atoms with Crippen molar-refractivity contribution in [2.45, 2.75) is 33.6 Å². The highest BCUT2D eigenvalue weighted by Crippen LogP contribution is 2.23. The zero-order chi connectivity index (χ0) is 19.4. The molecule has 0 bridgehead atoms. The summed E-state index contributed by atoms with van der Waals surface area (Å²) in [6, 6.07) is 7.79. The molecular weight excluding hydrogens is 340 g/mol. The van der Waals surface area contributed by atoms with Gasteiger partial charge >= 0.3 is 0 Å². The van der Waals surface area contributed by atoms with Gasteiger partial charge in [-0.3, -0.25) is 4.79 Å². The van der Waals surface area contributed by atoms with Crippen LogP contribution in [0.4, 0.5) is 0 Å². The van der Waals surface area contributed by atoms with Crippen LogP contribution in [0, 0.1) is 6.92 Å². The molecule has 0 unspecified atom stereocenters. The summed E-state index contributed by atoms with van der Waals surface area (Å²) in [5.74, 6) is 0.925. The molecule has 0 aliphatic carbocycles. The molecule has 6 heteroatoms. The number of carbonyl (C=O) groups is 1. The number of carbonyl (C=O) groups excluding carboxylic acids is 1. The summed E-state index contributed by atoms with van der Waals surface area (Å²) >= 11 is 0. The van der Waals surface area contributed by atoms with E-state index in [0.717, 1.165) is 74.0 Å². The van der Waals surface area contributed by atoms with E-state index in [-0.39, 0.29) is 5.91 Å². The third-order valence-electron chi connectivity index (χ3n) is 5.31. The number of piperazine rings is 1. The first-order valence-electron chi connectivity index (χ1n) is 9.83. The largest absolute Gasteiger partial charge is 0.497 e. The lowest BCUT2D eigenvalue weighted by atomic mass is 10.1. The highest BCUT2D eigenvalue weighted by Gasteiger charge is 2.27. The van der Waals surface area contributed by atoms with E-state index in [4.69, 9.17) is 9.84 Å². The van der Waals surface area contributed by atoms with E-state index in [1.165, 1.54) is 0 Å². The van der Waals surface area contributed by atoms with Gasteiger partial charge in [0.05, 0.1) is 29.7 Å². The molecule has 3 rings (SSSR count). The van der Waals surface area contributed by atoms with Crippen LogP contribution in [0.3, 0.4) is 0 Å². The van der Waals surface area contributed by atoms with E-state index in [9.17, 15) is 4.79 Å². The molecule has 1 aliphatic rings. The Morgan fingerprint density at radius 3 is 2.33 bits per heavy atom. The summed E-state index contributed by atoms with van der Waals surface area (Å²) in [7, 11) is 1.66. The molecule has 1 aromatic heterocycles. The van der Waals surface area contributed by atoms with Crippen molar-refractivity contribution in [2.24, 2.45) is 0 Å². The average molecular weight is 370 g/mol. The van der Waals surface area contributed by atoms with Gasteiger partial charge in [-0.2, -0.15) is 5.10 Å². The van der Waals surface area contributed by atoms with Gasteiger partial charge in [0.25, 0.3) is 5.91 Å². The lowest BCUT2D eigenvalue weighted by Gasteiger charge is -2.34. The van der Waals surface area contributed by atoms with Gasteiger partial charge in [-0.1, -0.05) is 20.3 Å². The van der Waals surface area contributed by atoms with Crippen molar-refractivity contribution in [3.05, 3.63) is 41.2 Å². The fraction of sp³-hybridized carbons (Fsp3) is 0.524. The van der Waals surface area contributed by atoms with Crippen molar-refractivity contribution in [1.82, 2.24) is 19.6 Å². The number of aryl methyl sites for hydroxylation is 1. The second-order valence-electron chi connectivity index (χ2n) is 6.99. The highest BCUT2D eigenvalue weighted by atomic mass is 16.5. The molecule has 0 spiro atoms. The number of rotatable bonds is 6. The molecule has 1 aromatic carbocycles. The summed E-state index contributed by atoms with van der Waals surface area (Å²) in [4.78, 5) is 17.6. The van der Waals surface area contributed by atoms with E-state index in [1.807, 2.05) is 40.8 Å². The molecule has 6 nitrogen and oxygen atoms in total. The third-order valence-corrected chi connectivity index (χ3v) is 5.31. The summed E-state index contributed by atoms with van der Waals surface area (Å²) in [6.07, 6.45) is 1.77. The number of methoxy groups -OCH3 is 1. The number of benzene rings is 1. The maximum Gasteiger partial charge on any atom is 0.257 e. The second-order valence-corrected chi connectivity index (χ2v) is 6.99. The zero-order valence-electron chi connectivity index (χ0n) is 16.9. The van der Waals surface area contributed by atoms with Crippen molar-refractivity contribution in [2.75, 3.05) is 39.8 Å². The molecule has 0 radical (unpaired) electrons. The third kappa shape index (κ3) is 4.00. The van der Waals surface area contributed by atoms with E-state index in [2.05, 4.69) is 18.7 Å². The molecule has 27 heavy (non-hydrogen) atoms. The number of hydrogen-bond donors (Lipinski definition) is 0. The Bertz CT molecular complexity index is 774. The molecule has 1 saturated heterocycles. The van der Waals surface area contributed by atoms with Crippen molar-refractivity contribution in [3.8, 4) is 11.4 Å². The zero-order valence-corrected chi connectivity index (χ0v) is 16.9. The molecule has 0 saturated carbocycles. The first-order valence-corrected chi connectivity index (χ1v) is 9.83. The van der Waals surface area contributed by atoms with Crippen molar-refractivity contribution < 1.29 is 9.53 Å². The van der Waals surface area contributed by atoms with E-state index in [0.29, 0.717) is 0 Å². The Kier molecular flexibility index (Phi) is 6.16. The molecule has 2 heterocycles. The van der Waals surface area contributed by atoms with Gasteiger partial charge in [0.2, 0.25) is 0 Å². The Hall–Kier alpha value is -2.34. The first-order chi connectivity index (χ1) is 13.1. The molecule has 2 aromatic rings. The van der Waals surface area contributed by atoms with Crippen LogP contribution in [0.5, 0.6) is 5.75 Å². The minimum Gasteiger partial charge on any atom is -0.497 e. The van der Waals surface area contributed by atoms with Gasteiger partial charge in [0, 0.05) is 26.2 Å². The van der Waals surface area contributed by atoms with E-state index < -0.39 is 0 Å². The molecule has 146 valence electrons. The van der Waals surface area contributed by atoms with Crippen LogP contribution in [-0.2, 0) is 6.42 Å². The molecule has 0 N–H and O–H groups in total. The Morgan fingerprint density at radius 1 is 1.11 bits per heavy atom. The Labute approximate surface area is 161 Å². The standard InChI is InChI=1S/C21H30N4O2/c1-5-7-19-20(21(26)24-14-12-23(6-2)13-15-24)16(3)25(22-19)17-8-10-18(27-4)11-9-17/h8-11H,5-7,12-15H2,1-4H3. The summed E-state index contributed by atoms with van der Waals surface area (Å²) in [5, 5.41) is 4.79.